The number of hydrogen-bond acceptors (Lipinski definition) is 6. The first-order valence-electron chi connectivity index (χ1n) is 7.85. The van der Waals surface area contributed by atoms with Gasteiger partial charge in [0.05, 0.1) is 12.1 Å². The van der Waals surface area contributed by atoms with E-state index < -0.39 is 29.4 Å². The Morgan fingerprint density at radius 1 is 1.19 bits per heavy atom. The van der Waals surface area contributed by atoms with Gasteiger partial charge < -0.3 is 5.73 Å². The lowest BCUT2D eigenvalue weighted by Gasteiger charge is -2.24. The first-order chi connectivity index (χ1) is 12.7. The van der Waals surface area contributed by atoms with Crippen molar-refractivity contribution in [1.29, 1.82) is 0 Å². The molecule has 1 unspecified atom stereocenters. The third kappa shape index (κ3) is 3.69. The van der Waals surface area contributed by atoms with Crippen LogP contribution in [0.5, 0.6) is 0 Å². The summed E-state index contributed by atoms with van der Waals surface area (Å²) in [5.41, 5.74) is 6.41. The van der Waals surface area contributed by atoms with Crippen molar-refractivity contribution in [2.75, 3.05) is 10.7 Å². The lowest BCUT2D eigenvalue weighted by atomic mass is 10.1. The van der Waals surface area contributed by atoms with Crippen LogP contribution in [0.1, 0.15) is 16.7 Å². The van der Waals surface area contributed by atoms with E-state index in [1.54, 1.807) is 18.2 Å². The first-order valence-corrected chi connectivity index (χ1v) is 7.85. The van der Waals surface area contributed by atoms with Crippen molar-refractivity contribution in [2.45, 2.75) is 25.8 Å². The van der Waals surface area contributed by atoms with E-state index in [9.17, 15) is 22.4 Å². The summed E-state index contributed by atoms with van der Waals surface area (Å²) in [4.78, 5) is 11.5. The predicted octanol–water partition coefficient (Wildman–Crippen LogP) is 3.86. The Morgan fingerprint density at radius 2 is 1.93 bits per heavy atom. The predicted molar refractivity (Wildman–Crippen MR) is 89.7 cm³/mol. The Labute approximate surface area is 151 Å². The maximum absolute atomic E-state index is 14.1. The molecule has 3 rings (SSSR count). The summed E-state index contributed by atoms with van der Waals surface area (Å²) in [6.45, 7) is 1.96. The number of nitrogens with zero attached hydrogens (tertiary/aromatic N) is 4. The van der Waals surface area contributed by atoms with E-state index in [0.717, 1.165) is 16.1 Å². The number of benzene rings is 2. The van der Waals surface area contributed by atoms with Gasteiger partial charge in [0.25, 0.3) is 0 Å². The highest BCUT2D eigenvalue weighted by Crippen LogP contribution is 2.35. The molecule has 0 aliphatic carbocycles. The van der Waals surface area contributed by atoms with Crippen molar-refractivity contribution in [3.8, 4) is 0 Å². The Hall–Kier alpha value is -3.17. The summed E-state index contributed by atoms with van der Waals surface area (Å²) in [5.74, 6) is -0.945. The van der Waals surface area contributed by atoms with Gasteiger partial charge in [-0.2, -0.15) is 13.2 Å². The Bertz CT molecular complexity index is 899. The number of carbonyl (C=O) groups is 1. The number of anilines is 2. The van der Waals surface area contributed by atoms with Gasteiger partial charge in [-0.3, -0.25) is 4.79 Å². The van der Waals surface area contributed by atoms with Crippen LogP contribution >= 0.6 is 0 Å². The molecule has 0 spiro atoms. The molecule has 1 heterocycles. The molecule has 0 radical (unpaired) electrons. The van der Waals surface area contributed by atoms with Crippen molar-refractivity contribution in [3.05, 3.63) is 58.9 Å². The summed E-state index contributed by atoms with van der Waals surface area (Å²) < 4.78 is 52.9. The molecule has 6 nitrogen and oxygen atoms in total. The van der Waals surface area contributed by atoms with Gasteiger partial charge in [0, 0.05) is 5.69 Å². The van der Waals surface area contributed by atoms with E-state index in [-0.39, 0.29) is 6.54 Å². The number of rotatable bonds is 4. The molecule has 0 saturated carbocycles. The zero-order valence-corrected chi connectivity index (χ0v) is 14.1. The number of nitrogens with two attached hydrogens (primary N) is 1. The number of alkyl halides is 3. The van der Waals surface area contributed by atoms with Crippen molar-refractivity contribution in [2.24, 2.45) is 10.4 Å². The molecular formula is C17H15F4N5O. The van der Waals surface area contributed by atoms with Crippen LogP contribution in [0.2, 0.25) is 0 Å². The van der Waals surface area contributed by atoms with Gasteiger partial charge in [0.15, 0.2) is 12.5 Å². The number of halogens is 4. The van der Waals surface area contributed by atoms with Crippen LogP contribution in [0.3, 0.4) is 0 Å². The second-order valence-electron chi connectivity index (χ2n) is 6.03. The Balaban J connectivity index is 1.88. The second kappa shape index (κ2) is 6.86. The van der Waals surface area contributed by atoms with Gasteiger partial charge in [-0.15, -0.1) is 0 Å². The third-order valence-electron chi connectivity index (χ3n) is 4.13. The molecule has 2 aromatic carbocycles. The number of aldehydes is 1. The number of nitrogen functional groups attached to an aromatic ring is 1. The van der Waals surface area contributed by atoms with Gasteiger partial charge in [0.1, 0.15) is 11.5 Å². The highest BCUT2D eigenvalue weighted by atomic mass is 19.4. The summed E-state index contributed by atoms with van der Waals surface area (Å²) >= 11 is 0. The fourth-order valence-corrected chi connectivity index (χ4v) is 2.66. The van der Waals surface area contributed by atoms with Gasteiger partial charge in [-0.1, -0.05) is 17.4 Å². The molecule has 0 fully saturated rings. The molecule has 142 valence electrons. The maximum atomic E-state index is 14.1. The first kappa shape index (κ1) is 18.6. The minimum atomic E-state index is -4.66. The van der Waals surface area contributed by atoms with Crippen LogP contribution in [0.15, 0.2) is 46.8 Å². The van der Waals surface area contributed by atoms with Crippen LogP contribution in [-0.2, 0) is 17.5 Å². The van der Waals surface area contributed by atoms with Crippen LogP contribution in [-0.4, -0.2) is 17.5 Å². The summed E-state index contributed by atoms with van der Waals surface area (Å²) in [5, 5.41) is 9.55. The molecule has 0 saturated heterocycles. The molecule has 10 heteroatoms. The third-order valence-corrected chi connectivity index (χ3v) is 4.13. The average Bonchev–Trinajstić information content (AvgIpc) is 3.00. The van der Waals surface area contributed by atoms with E-state index in [2.05, 4.69) is 10.4 Å². The maximum Gasteiger partial charge on any atom is 0.416 e. The molecule has 1 aliphatic rings. The SMILES string of the molecule is Cc1cc(CN2N=NN(c3cc(C(F)(F)F)ccc3F)C2C=O)ccc1N. The molecule has 27 heavy (non-hydrogen) atoms. The Kier molecular flexibility index (Phi) is 4.73. The molecule has 0 bridgehead atoms. The van der Waals surface area contributed by atoms with E-state index in [4.69, 9.17) is 5.73 Å². The fraction of sp³-hybridized carbons (Fsp3) is 0.235. The molecule has 0 aromatic heterocycles. The van der Waals surface area contributed by atoms with Crippen LogP contribution < -0.4 is 10.7 Å². The monoisotopic (exact) mass is 381 g/mol. The second-order valence-corrected chi connectivity index (χ2v) is 6.03. The van der Waals surface area contributed by atoms with Gasteiger partial charge in [-0.25, -0.2) is 14.4 Å². The largest absolute Gasteiger partial charge is 0.416 e. The standard InChI is InChI=1S/C17H15F4N5O/c1-10-6-11(2-5-14(10)22)8-25-16(9-27)26(24-23-25)15-7-12(17(19,20)21)3-4-13(15)18/h2-7,9,16H,8,22H2,1H3. The van der Waals surface area contributed by atoms with E-state index >= 15 is 0 Å². The highest BCUT2D eigenvalue weighted by Gasteiger charge is 2.36. The average molecular weight is 381 g/mol. The zero-order chi connectivity index (χ0) is 19.8. The smallest absolute Gasteiger partial charge is 0.399 e. The van der Waals surface area contributed by atoms with E-state index in [1.807, 2.05) is 6.92 Å². The van der Waals surface area contributed by atoms with Crippen molar-refractivity contribution < 1.29 is 22.4 Å². The molecule has 2 N–H and O–H groups in total. The quantitative estimate of drug-likeness (QED) is 0.496. The van der Waals surface area contributed by atoms with Gasteiger partial charge in [-0.05, 0) is 47.5 Å². The Morgan fingerprint density at radius 3 is 2.56 bits per heavy atom. The van der Waals surface area contributed by atoms with Gasteiger partial charge >= 0.3 is 6.18 Å². The van der Waals surface area contributed by atoms with Crippen LogP contribution in [0.4, 0.5) is 28.9 Å². The minimum Gasteiger partial charge on any atom is -0.399 e. The van der Waals surface area contributed by atoms with Crippen molar-refractivity contribution in [1.82, 2.24) is 5.01 Å². The topological polar surface area (TPSA) is 74.3 Å². The number of hydrogen-bond donors (Lipinski definition) is 1. The molecule has 2 aromatic rings. The van der Waals surface area contributed by atoms with Crippen LogP contribution in [0, 0.1) is 12.7 Å². The minimum absolute atomic E-state index is 0.144. The van der Waals surface area contributed by atoms with Crippen molar-refractivity contribution >= 4 is 17.7 Å². The molecular weight excluding hydrogens is 366 g/mol. The van der Waals surface area contributed by atoms with Crippen molar-refractivity contribution in [3.63, 3.8) is 0 Å². The van der Waals surface area contributed by atoms with E-state index in [0.29, 0.717) is 30.2 Å². The normalized spacial score (nSPS) is 16.9. The highest BCUT2D eigenvalue weighted by molar-refractivity contribution is 5.66. The lowest BCUT2D eigenvalue weighted by Crippen LogP contribution is -2.40. The molecule has 0 amide bonds. The van der Waals surface area contributed by atoms with Crippen LogP contribution in [0.25, 0.3) is 0 Å². The molecule has 1 atom stereocenters. The zero-order valence-electron chi connectivity index (χ0n) is 14.1. The molecule has 1 aliphatic heterocycles. The summed E-state index contributed by atoms with van der Waals surface area (Å²) in [6, 6.07) is 7.12. The summed E-state index contributed by atoms with van der Waals surface area (Å²) in [7, 11) is 0. The fourth-order valence-electron chi connectivity index (χ4n) is 2.66. The number of aryl methyl sites for hydroxylation is 1. The van der Waals surface area contributed by atoms with Gasteiger partial charge in [0.2, 0.25) is 0 Å². The summed E-state index contributed by atoms with van der Waals surface area (Å²) in [6.07, 6.45) is -5.40. The lowest BCUT2D eigenvalue weighted by molar-refractivity contribution is -0.137. The van der Waals surface area contributed by atoms with E-state index in [1.165, 1.54) is 5.01 Å². The number of carbonyl (C=O) groups excluding carboxylic acids is 1.